The Kier molecular flexibility index (Phi) is 5.87. The minimum absolute atomic E-state index is 0.0439. The molecule has 0 aliphatic rings. The van der Waals surface area contributed by atoms with Crippen LogP contribution in [0.4, 0.5) is 0 Å². The highest BCUT2D eigenvalue weighted by molar-refractivity contribution is 7.89. The Morgan fingerprint density at radius 3 is 2.64 bits per heavy atom. The number of nitrogens with zero attached hydrogens (tertiary/aromatic N) is 3. The van der Waals surface area contributed by atoms with Crippen molar-refractivity contribution in [2.75, 3.05) is 21.3 Å². The summed E-state index contributed by atoms with van der Waals surface area (Å²) in [6.07, 6.45) is 0. The summed E-state index contributed by atoms with van der Waals surface area (Å²) in [4.78, 5) is 4.22. The molecular formula is C18H18ClN3O5S. The predicted molar refractivity (Wildman–Crippen MR) is 103 cm³/mol. The number of aromatic nitrogens is 2. The van der Waals surface area contributed by atoms with Gasteiger partial charge in [-0.3, -0.25) is 0 Å². The van der Waals surface area contributed by atoms with Crippen molar-refractivity contribution in [1.29, 1.82) is 0 Å². The molecule has 2 aromatic carbocycles. The molecule has 0 aliphatic carbocycles. The lowest BCUT2D eigenvalue weighted by molar-refractivity contribution is 0.335. The summed E-state index contributed by atoms with van der Waals surface area (Å²) in [5.74, 6) is 1.32. The summed E-state index contributed by atoms with van der Waals surface area (Å²) in [5.41, 5.74) is 0.691. The van der Waals surface area contributed by atoms with E-state index < -0.39 is 10.0 Å². The molecule has 0 amide bonds. The molecule has 0 aliphatic heterocycles. The molecule has 1 heterocycles. The maximum Gasteiger partial charge on any atom is 0.247 e. The number of hydrogen-bond acceptors (Lipinski definition) is 7. The first-order chi connectivity index (χ1) is 13.3. The van der Waals surface area contributed by atoms with E-state index in [2.05, 4.69) is 10.1 Å². The second-order valence-corrected chi connectivity index (χ2v) is 8.25. The summed E-state index contributed by atoms with van der Waals surface area (Å²) in [5, 5.41) is 4.19. The molecule has 28 heavy (non-hydrogen) atoms. The third-order valence-corrected chi connectivity index (χ3v) is 6.03. The summed E-state index contributed by atoms with van der Waals surface area (Å²) < 4.78 is 42.4. The molecule has 0 spiro atoms. The van der Waals surface area contributed by atoms with Gasteiger partial charge in [-0.1, -0.05) is 28.9 Å². The molecule has 0 N–H and O–H groups in total. The average molecular weight is 424 g/mol. The van der Waals surface area contributed by atoms with Gasteiger partial charge in [-0.15, -0.1) is 0 Å². The van der Waals surface area contributed by atoms with E-state index in [1.807, 2.05) is 0 Å². The van der Waals surface area contributed by atoms with Crippen molar-refractivity contribution in [3.8, 4) is 22.9 Å². The van der Waals surface area contributed by atoms with E-state index in [4.69, 9.17) is 25.6 Å². The van der Waals surface area contributed by atoms with Crippen molar-refractivity contribution >= 4 is 21.6 Å². The fourth-order valence-corrected chi connectivity index (χ4v) is 4.03. The molecule has 3 rings (SSSR count). The van der Waals surface area contributed by atoms with Gasteiger partial charge < -0.3 is 14.0 Å². The van der Waals surface area contributed by atoms with E-state index in [0.29, 0.717) is 17.1 Å². The number of ether oxygens (including phenoxy) is 2. The summed E-state index contributed by atoms with van der Waals surface area (Å²) >= 11 is 5.95. The zero-order chi connectivity index (χ0) is 20.3. The molecule has 0 atom stereocenters. The predicted octanol–water partition coefficient (Wildman–Crippen LogP) is 3.23. The van der Waals surface area contributed by atoms with Gasteiger partial charge in [0, 0.05) is 17.6 Å². The van der Waals surface area contributed by atoms with Crippen molar-refractivity contribution in [3.05, 3.63) is 53.4 Å². The number of hydrogen-bond donors (Lipinski definition) is 0. The molecule has 0 fully saturated rings. The smallest absolute Gasteiger partial charge is 0.247 e. The molecule has 0 unspecified atom stereocenters. The Balaban J connectivity index is 1.84. The van der Waals surface area contributed by atoms with Crippen molar-refractivity contribution in [2.24, 2.45) is 0 Å². The van der Waals surface area contributed by atoms with Crippen LogP contribution in [-0.2, 0) is 16.6 Å². The standard InChI is InChI=1S/C18H18ClN3O5S/c1-22(28(23,24)16-10-13(19)7-8-15(16)26-3)11-17-20-18(21-27-17)12-5-4-6-14(9-12)25-2/h4-10H,11H2,1-3H3. The lowest BCUT2D eigenvalue weighted by Gasteiger charge is -2.17. The van der Waals surface area contributed by atoms with Crippen LogP contribution in [0.3, 0.4) is 0 Å². The highest BCUT2D eigenvalue weighted by Crippen LogP contribution is 2.30. The molecule has 8 nitrogen and oxygen atoms in total. The Morgan fingerprint density at radius 2 is 1.93 bits per heavy atom. The average Bonchev–Trinajstić information content (AvgIpc) is 3.16. The van der Waals surface area contributed by atoms with Gasteiger partial charge in [0.1, 0.15) is 16.4 Å². The van der Waals surface area contributed by atoms with Gasteiger partial charge in [-0.25, -0.2) is 8.42 Å². The van der Waals surface area contributed by atoms with Crippen molar-refractivity contribution in [3.63, 3.8) is 0 Å². The largest absolute Gasteiger partial charge is 0.497 e. The molecular weight excluding hydrogens is 406 g/mol. The molecule has 0 radical (unpaired) electrons. The Morgan fingerprint density at radius 1 is 1.14 bits per heavy atom. The zero-order valence-corrected chi connectivity index (χ0v) is 17.0. The van der Waals surface area contributed by atoms with Gasteiger partial charge in [0.05, 0.1) is 20.8 Å². The number of halogens is 1. The molecule has 1 aromatic heterocycles. The number of methoxy groups -OCH3 is 2. The minimum atomic E-state index is -3.89. The van der Waals surface area contributed by atoms with Crippen LogP contribution in [0.2, 0.25) is 5.02 Å². The van der Waals surface area contributed by atoms with E-state index in [-0.39, 0.29) is 28.1 Å². The van der Waals surface area contributed by atoms with E-state index in [1.165, 1.54) is 26.3 Å². The van der Waals surface area contributed by atoms with Crippen LogP contribution in [0.15, 0.2) is 51.9 Å². The third kappa shape index (κ3) is 4.11. The fraction of sp³-hybridized carbons (Fsp3) is 0.222. The van der Waals surface area contributed by atoms with Crippen LogP contribution in [0.25, 0.3) is 11.4 Å². The lowest BCUT2D eigenvalue weighted by atomic mass is 10.2. The Labute approximate surface area is 167 Å². The van der Waals surface area contributed by atoms with E-state index in [9.17, 15) is 8.42 Å². The molecule has 10 heteroatoms. The van der Waals surface area contributed by atoms with Gasteiger partial charge in [0.15, 0.2) is 0 Å². The number of rotatable bonds is 7. The van der Waals surface area contributed by atoms with E-state index in [0.717, 1.165) is 4.31 Å². The van der Waals surface area contributed by atoms with Crippen LogP contribution < -0.4 is 9.47 Å². The molecule has 0 saturated heterocycles. The van der Waals surface area contributed by atoms with Gasteiger partial charge in [0.25, 0.3) is 0 Å². The topological polar surface area (TPSA) is 94.8 Å². The molecule has 3 aromatic rings. The van der Waals surface area contributed by atoms with E-state index >= 15 is 0 Å². The number of sulfonamides is 1. The summed E-state index contributed by atoms with van der Waals surface area (Å²) in [6, 6.07) is 11.5. The zero-order valence-electron chi connectivity index (χ0n) is 15.4. The highest BCUT2D eigenvalue weighted by atomic mass is 35.5. The SMILES string of the molecule is COc1cccc(-c2noc(CN(C)S(=O)(=O)c3cc(Cl)ccc3OC)n2)c1. The van der Waals surface area contributed by atoms with Crippen molar-refractivity contribution in [1.82, 2.24) is 14.4 Å². The summed E-state index contributed by atoms with van der Waals surface area (Å²) in [7, 11) is 0.465. The van der Waals surface area contributed by atoms with Crippen LogP contribution in [-0.4, -0.2) is 44.1 Å². The second-order valence-electron chi connectivity index (χ2n) is 5.80. The highest BCUT2D eigenvalue weighted by Gasteiger charge is 2.27. The lowest BCUT2D eigenvalue weighted by Crippen LogP contribution is -2.27. The second kappa shape index (κ2) is 8.17. The maximum atomic E-state index is 12.9. The van der Waals surface area contributed by atoms with Crippen molar-refractivity contribution < 1.29 is 22.4 Å². The van der Waals surface area contributed by atoms with Crippen LogP contribution in [0.1, 0.15) is 5.89 Å². The Bertz CT molecular complexity index is 1080. The molecule has 0 bridgehead atoms. The van der Waals surface area contributed by atoms with E-state index in [1.54, 1.807) is 37.4 Å². The van der Waals surface area contributed by atoms with Crippen LogP contribution in [0, 0.1) is 0 Å². The van der Waals surface area contributed by atoms with Gasteiger partial charge in [-0.05, 0) is 30.3 Å². The molecule has 148 valence electrons. The number of benzene rings is 2. The minimum Gasteiger partial charge on any atom is -0.497 e. The third-order valence-electron chi connectivity index (χ3n) is 3.97. The van der Waals surface area contributed by atoms with Gasteiger partial charge in [0.2, 0.25) is 21.7 Å². The first-order valence-electron chi connectivity index (χ1n) is 8.12. The fourth-order valence-electron chi connectivity index (χ4n) is 2.49. The van der Waals surface area contributed by atoms with Gasteiger partial charge >= 0.3 is 0 Å². The molecule has 0 saturated carbocycles. The van der Waals surface area contributed by atoms with Crippen LogP contribution in [0.5, 0.6) is 11.5 Å². The Hall–Kier alpha value is -2.62. The van der Waals surface area contributed by atoms with Crippen LogP contribution >= 0.6 is 11.6 Å². The summed E-state index contributed by atoms with van der Waals surface area (Å²) in [6.45, 7) is -0.116. The first kappa shape index (κ1) is 20.1. The monoisotopic (exact) mass is 423 g/mol. The van der Waals surface area contributed by atoms with Gasteiger partial charge in [-0.2, -0.15) is 9.29 Å². The van der Waals surface area contributed by atoms with Crippen molar-refractivity contribution in [2.45, 2.75) is 11.4 Å². The maximum absolute atomic E-state index is 12.9. The normalized spacial score (nSPS) is 11.6. The first-order valence-corrected chi connectivity index (χ1v) is 9.94. The quantitative estimate of drug-likeness (QED) is 0.575.